The molecule has 1 aromatic carbocycles. The van der Waals surface area contributed by atoms with E-state index in [0.29, 0.717) is 0 Å². The van der Waals surface area contributed by atoms with Crippen LogP contribution in [-0.4, -0.2) is 9.78 Å². The van der Waals surface area contributed by atoms with Crippen molar-refractivity contribution in [1.82, 2.24) is 15.2 Å². The third kappa shape index (κ3) is 3.43. The fourth-order valence-electron chi connectivity index (χ4n) is 2.46. The number of nitrogens with two attached hydrogens (primary N) is 1. The first-order valence-corrected chi connectivity index (χ1v) is 6.61. The average Bonchev–Trinajstić information content (AvgIpc) is 2.78. The number of hydrogen-bond donors (Lipinski definition) is 2. The van der Waals surface area contributed by atoms with Gasteiger partial charge in [-0.2, -0.15) is 5.10 Å². The molecule has 0 radical (unpaired) electrons. The largest absolute Gasteiger partial charge is 0.276 e. The van der Waals surface area contributed by atoms with E-state index in [1.807, 2.05) is 17.9 Å². The molecule has 0 fully saturated rings. The van der Waals surface area contributed by atoms with Crippen LogP contribution in [0.5, 0.6) is 0 Å². The van der Waals surface area contributed by atoms with Gasteiger partial charge in [0.2, 0.25) is 0 Å². The van der Waals surface area contributed by atoms with Gasteiger partial charge in [0.25, 0.3) is 0 Å². The predicted molar refractivity (Wildman–Crippen MR) is 77.5 cm³/mol. The van der Waals surface area contributed by atoms with Gasteiger partial charge >= 0.3 is 0 Å². The molecule has 4 heteroatoms. The lowest BCUT2D eigenvalue weighted by Gasteiger charge is -2.18. The SMILES string of the molecule is Cc1ccc(C(CCc2cnn(C)c2)NN)c(C)c1. The highest BCUT2D eigenvalue weighted by molar-refractivity contribution is 5.32. The molecule has 0 bridgehead atoms. The molecule has 0 aliphatic carbocycles. The van der Waals surface area contributed by atoms with Crippen LogP contribution >= 0.6 is 0 Å². The van der Waals surface area contributed by atoms with Crippen LogP contribution < -0.4 is 11.3 Å². The van der Waals surface area contributed by atoms with Gasteiger partial charge < -0.3 is 0 Å². The first kappa shape index (κ1) is 13.8. The van der Waals surface area contributed by atoms with Gasteiger partial charge in [-0.3, -0.25) is 16.0 Å². The van der Waals surface area contributed by atoms with Gasteiger partial charge in [-0.1, -0.05) is 23.8 Å². The molecular weight excluding hydrogens is 236 g/mol. The van der Waals surface area contributed by atoms with E-state index in [1.165, 1.54) is 22.3 Å². The van der Waals surface area contributed by atoms with Crippen LogP contribution in [0.2, 0.25) is 0 Å². The lowest BCUT2D eigenvalue weighted by atomic mass is 9.95. The van der Waals surface area contributed by atoms with Gasteiger partial charge in [-0.25, -0.2) is 0 Å². The van der Waals surface area contributed by atoms with E-state index in [4.69, 9.17) is 5.84 Å². The van der Waals surface area contributed by atoms with Crippen LogP contribution in [0.25, 0.3) is 0 Å². The average molecular weight is 258 g/mol. The third-order valence-corrected chi connectivity index (χ3v) is 3.48. The molecule has 3 N–H and O–H groups in total. The highest BCUT2D eigenvalue weighted by Gasteiger charge is 2.12. The Labute approximate surface area is 114 Å². The Bertz CT molecular complexity index is 545. The van der Waals surface area contributed by atoms with Gasteiger partial charge in [0.15, 0.2) is 0 Å². The molecule has 1 aromatic heterocycles. The molecule has 0 aliphatic rings. The smallest absolute Gasteiger partial charge is 0.0521 e. The Balaban J connectivity index is 2.07. The Morgan fingerprint density at radius 2 is 2.16 bits per heavy atom. The molecule has 2 rings (SSSR count). The zero-order valence-electron chi connectivity index (χ0n) is 11.9. The molecule has 2 aromatic rings. The molecule has 0 amide bonds. The summed E-state index contributed by atoms with van der Waals surface area (Å²) in [5.74, 6) is 5.71. The summed E-state index contributed by atoms with van der Waals surface area (Å²) in [7, 11) is 1.94. The molecule has 0 spiro atoms. The van der Waals surface area contributed by atoms with E-state index in [2.05, 4.69) is 48.8 Å². The number of nitrogens with zero attached hydrogens (tertiary/aromatic N) is 2. The number of hydrazine groups is 1. The maximum atomic E-state index is 5.71. The van der Waals surface area contributed by atoms with Crippen LogP contribution in [0.15, 0.2) is 30.6 Å². The molecule has 0 saturated carbocycles. The van der Waals surface area contributed by atoms with Gasteiger partial charge in [-0.15, -0.1) is 0 Å². The molecule has 0 saturated heterocycles. The Morgan fingerprint density at radius 3 is 2.74 bits per heavy atom. The predicted octanol–water partition coefficient (Wildman–Crippen LogP) is 2.17. The second-order valence-corrected chi connectivity index (χ2v) is 5.14. The number of benzene rings is 1. The standard InChI is InChI=1S/C15H22N4/c1-11-4-6-14(12(2)8-11)15(18-16)7-5-13-9-17-19(3)10-13/h4,6,8-10,15,18H,5,7,16H2,1-3H3. The Hall–Kier alpha value is -1.65. The Morgan fingerprint density at radius 1 is 1.37 bits per heavy atom. The van der Waals surface area contributed by atoms with Crippen LogP contribution in [0.4, 0.5) is 0 Å². The molecule has 1 unspecified atom stereocenters. The molecule has 19 heavy (non-hydrogen) atoms. The number of hydrogen-bond acceptors (Lipinski definition) is 3. The van der Waals surface area contributed by atoms with E-state index < -0.39 is 0 Å². The van der Waals surface area contributed by atoms with Crippen molar-refractivity contribution >= 4 is 0 Å². The van der Waals surface area contributed by atoms with Gasteiger partial charge in [-0.05, 0) is 43.4 Å². The van der Waals surface area contributed by atoms with Crippen molar-refractivity contribution in [2.45, 2.75) is 32.7 Å². The molecule has 1 atom stereocenters. The quantitative estimate of drug-likeness (QED) is 0.638. The summed E-state index contributed by atoms with van der Waals surface area (Å²) in [6.45, 7) is 4.24. The van der Waals surface area contributed by atoms with E-state index in [9.17, 15) is 0 Å². The summed E-state index contributed by atoms with van der Waals surface area (Å²) in [6.07, 6.45) is 5.90. The number of nitrogens with one attached hydrogen (secondary N) is 1. The molecule has 4 nitrogen and oxygen atoms in total. The summed E-state index contributed by atoms with van der Waals surface area (Å²) in [6, 6.07) is 6.68. The lowest BCUT2D eigenvalue weighted by molar-refractivity contribution is 0.514. The van der Waals surface area contributed by atoms with E-state index in [1.54, 1.807) is 0 Å². The van der Waals surface area contributed by atoms with Crippen molar-refractivity contribution in [3.8, 4) is 0 Å². The topological polar surface area (TPSA) is 55.9 Å². The van der Waals surface area contributed by atoms with Crippen molar-refractivity contribution in [3.05, 3.63) is 52.8 Å². The van der Waals surface area contributed by atoms with Crippen molar-refractivity contribution in [2.24, 2.45) is 12.9 Å². The van der Waals surface area contributed by atoms with Gasteiger partial charge in [0.05, 0.1) is 6.20 Å². The first-order valence-electron chi connectivity index (χ1n) is 6.61. The second-order valence-electron chi connectivity index (χ2n) is 5.14. The van der Waals surface area contributed by atoms with Crippen molar-refractivity contribution in [2.75, 3.05) is 0 Å². The van der Waals surface area contributed by atoms with E-state index in [0.717, 1.165) is 12.8 Å². The van der Waals surface area contributed by atoms with E-state index in [-0.39, 0.29) is 6.04 Å². The third-order valence-electron chi connectivity index (χ3n) is 3.48. The summed E-state index contributed by atoms with van der Waals surface area (Å²) < 4.78 is 1.83. The van der Waals surface area contributed by atoms with Crippen molar-refractivity contribution in [1.29, 1.82) is 0 Å². The fraction of sp³-hybridized carbons (Fsp3) is 0.400. The van der Waals surface area contributed by atoms with Gasteiger partial charge in [0, 0.05) is 19.3 Å². The van der Waals surface area contributed by atoms with Crippen LogP contribution in [0.3, 0.4) is 0 Å². The number of aromatic nitrogens is 2. The first-order chi connectivity index (χ1) is 9.10. The van der Waals surface area contributed by atoms with Crippen molar-refractivity contribution < 1.29 is 0 Å². The summed E-state index contributed by atoms with van der Waals surface area (Å²) in [5, 5.41) is 4.19. The summed E-state index contributed by atoms with van der Waals surface area (Å²) in [5.41, 5.74) is 8.01. The summed E-state index contributed by atoms with van der Waals surface area (Å²) in [4.78, 5) is 0. The normalized spacial score (nSPS) is 12.6. The molecular formula is C15H22N4. The summed E-state index contributed by atoms with van der Waals surface area (Å²) >= 11 is 0. The van der Waals surface area contributed by atoms with Crippen LogP contribution in [-0.2, 0) is 13.5 Å². The van der Waals surface area contributed by atoms with Crippen LogP contribution in [0, 0.1) is 13.8 Å². The molecule has 102 valence electrons. The van der Waals surface area contributed by atoms with E-state index >= 15 is 0 Å². The molecule has 0 aliphatic heterocycles. The fourth-order valence-corrected chi connectivity index (χ4v) is 2.46. The second kappa shape index (κ2) is 5.99. The van der Waals surface area contributed by atoms with Gasteiger partial charge in [0.1, 0.15) is 0 Å². The zero-order valence-corrected chi connectivity index (χ0v) is 11.9. The van der Waals surface area contributed by atoms with Crippen LogP contribution in [0.1, 0.15) is 34.7 Å². The Kier molecular flexibility index (Phi) is 4.35. The number of aryl methyl sites for hydroxylation is 4. The minimum absolute atomic E-state index is 0.181. The highest BCUT2D eigenvalue weighted by Crippen LogP contribution is 2.22. The monoisotopic (exact) mass is 258 g/mol. The molecule has 1 heterocycles. The number of rotatable bonds is 5. The zero-order chi connectivity index (χ0) is 13.8. The minimum atomic E-state index is 0.181. The maximum absolute atomic E-state index is 5.71. The minimum Gasteiger partial charge on any atom is -0.276 e. The van der Waals surface area contributed by atoms with Crippen molar-refractivity contribution in [3.63, 3.8) is 0 Å². The maximum Gasteiger partial charge on any atom is 0.0521 e. The lowest BCUT2D eigenvalue weighted by Crippen LogP contribution is -2.29. The highest BCUT2D eigenvalue weighted by atomic mass is 15.2.